The van der Waals surface area contributed by atoms with Gasteiger partial charge < -0.3 is 14.7 Å². The van der Waals surface area contributed by atoms with Crippen LogP contribution in [0.25, 0.3) is 0 Å². The van der Waals surface area contributed by atoms with Gasteiger partial charge in [0.1, 0.15) is 6.04 Å². The van der Waals surface area contributed by atoms with Crippen LogP contribution >= 0.6 is 0 Å². The molecule has 8 nitrogen and oxygen atoms in total. The lowest BCUT2D eigenvalue weighted by molar-refractivity contribution is -0.151. The number of nitrogens with zero attached hydrogens (tertiary/aromatic N) is 1. The van der Waals surface area contributed by atoms with Crippen molar-refractivity contribution < 1.29 is 29.0 Å². The summed E-state index contributed by atoms with van der Waals surface area (Å²) in [5.74, 6) is -1.90. The minimum atomic E-state index is -0.755. The predicted octanol–water partition coefficient (Wildman–Crippen LogP) is 1.26. The fourth-order valence-corrected chi connectivity index (χ4v) is 4.30. The van der Waals surface area contributed by atoms with Crippen molar-refractivity contribution in [3.63, 3.8) is 0 Å². The van der Waals surface area contributed by atoms with Crippen molar-refractivity contribution in [3.8, 4) is 0 Å². The van der Waals surface area contributed by atoms with E-state index in [0.717, 1.165) is 24.0 Å². The molecule has 154 valence electrons. The van der Waals surface area contributed by atoms with Crippen LogP contribution in [0.5, 0.6) is 0 Å². The molecule has 8 heteroatoms. The molecule has 1 unspecified atom stereocenters. The van der Waals surface area contributed by atoms with E-state index in [1.807, 2.05) is 12.1 Å². The number of carbonyl (C=O) groups excluding carboxylic acids is 3. The molecule has 2 aliphatic heterocycles. The zero-order valence-electron chi connectivity index (χ0n) is 16.1. The maximum Gasteiger partial charge on any atom is 0.306 e. The smallest absolute Gasteiger partial charge is 0.306 e. The Morgan fingerprint density at radius 2 is 2.03 bits per heavy atom. The summed E-state index contributed by atoms with van der Waals surface area (Å²) in [6, 6.07) is 5.02. The van der Waals surface area contributed by atoms with Gasteiger partial charge in [-0.15, -0.1) is 0 Å². The molecule has 4 rings (SSSR count). The molecular formula is C21H24N2O6. The Kier molecular flexibility index (Phi) is 5.36. The number of aliphatic carboxylic acids is 1. The first kappa shape index (κ1) is 19.6. The minimum absolute atomic E-state index is 0.0298. The van der Waals surface area contributed by atoms with Crippen LogP contribution in [-0.4, -0.2) is 52.4 Å². The molecule has 0 bridgehead atoms. The van der Waals surface area contributed by atoms with Gasteiger partial charge in [-0.25, -0.2) is 0 Å². The number of hydrogen-bond acceptors (Lipinski definition) is 5. The zero-order valence-corrected chi connectivity index (χ0v) is 16.1. The van der Waals surface area contributed by atoms with Crippen molar-refractivity contribution in [2.24, 2.45) is 5.92 Å². The molecule has 1 atom stereocenters. The maximum absolute atomic E-state index is 12.8. The van der Waals surface area contributed by atoms with Crippen LogP contribution in [-0.2, 0) is 32.1 Å². The molecule has 3 amide bonds. The average Bonchev–Trinajstić information content (AvgIpc) is 2.97. The topological polar surface area (TPSA) is 113 Å². The van der Waals surface area contributed by atoms with Gasteiger partial charge in [0.05, 0.1) is 12.0 Å². The average molecular weight is 400 g/mol. The Morgan fingerprint density at radius 1 is 1.24 bits per heavy atom. The van der Waals surface area contributed by atoms with Crippen molar-refractivity contribution in [3.05, 3.63) is 34.9 Å². The van der Waals surface area contributed by atoms with Gasteiger partial charge in [0.2, 0.25) is 11.8 Å². The fourth-order valence-electron chi connectivity index (χ4n) is 4.30. The molecule has 1 aromatic carbocycles. The number of fused-ring (bicyclic) bond motifs is 1. The first-order valence-electron chi connectivity index (χ1n) is 10.0. The van der Waals surface area contributed by atoms with Gasteiger partial charge in [-0.1, -0.05) is 12.1 Å². The van der Waals surface area contributed by atoms with E-state index in [1.165, 1.54) is 0 Å². The van der Waals surface area contributed by atoms with Crippen LogP contribution in [0.15, 0.2) is 18.2 Å². The number of nitrogens with one attached hydrogen (secondary N) is 1. The molecule has 2 heterocycles. The summed E-state index contributed by atoms with van der Waals surface area (Å²) in [6.45, 7) is 0.922. The third-order valence-electron chi connectivity index (χ3n) is 6.07. The molecule has 1 aliphatic carbocycles. The third-order valence-corrected chi connectivity index (χ3v) is 6.07. The van der Waals surface area contributed by atoms with Crippen molar-refractivity contribution in [2.45, 2.75) is 57.2 Å². The van der Waals surface area contributed by atoms with Crippen molar-refractivity contribution in [2.75, 3.05) is 6.61 Å². The zero-order chi connectivity index (χ0) is 20.5. The molecule has 0 aromatic heterocycles. The molecule has 1 saturated heterocycles. The number of carbonyl (C=O) groups is 4. The Morgan fingerprint density at radius 3 is 2.76 bits per heavy atom. The summed E-state index contributed by atoms with van der Waals surface area (Å²) in [4.78, 5) is 48.8. The van der Waals surface area contributed by atoms with E-state index in [4.69, 9.17) is 9.84 Å². The molecule has 0 spiro atoms. The Balaban J connectivity index is 1.33. The molecule has 2 N–H and O–H groups in total. The third kappa shape index (κ3) is 3.89. The number of carboxylic acid groups (broad SMARTS) is 1. The number of amides is 3. The summed E-state index contributed by atoms with van der Waals surface area (Å²) >= 11 is 0. The van der Waals surface area contributed by atoms with Gasteiger partial charge >= 0.3 is 5.97 Å². The minimum Gasteiger partial charge on any atom is -0.481 e. The normalized spacial score (nSPS) is 26.1. The van der Waals surface area contributed by atoms with Gasteiger partial charge in [0, 0.05) is 25.1 Å². The highest BCUT2D eigenvalue weighted by atomic mass is 16.5. The van der Waals surface area contributed by atoms with E-state index in [9.17, 15) is 19.2 Å². The maximum atomic E-state index is 12.8. The molecule has 1 aromatic rings. The van der Waals surface area contributed by atoms with Crippen LogP contribution in [0.2, 0.25) is 0 Å². The largest absolute Gasteiger partial charge is 0.481 e. The number of aryl methyl sites for hydroxylation is 1. The van der Waals surface area contributed by atoms with E-state index in [-0.39, 0.29) is 30.3 Å². The lowest BCUT2D eigenvalue weighted by Gasteiger charge is -2.32. The highest BCUT2D eigenvalue weighted by Crippen LogP contribution is 2.32. The van der Waals surface area contributed by atoms with Crippen LogP contribution in [0.1, 0.15) is 53.6 Å². The predicted molar refractivity (Wildman–Crippen MR) is 101 cm³/mol. The lowest BCUT2D eigenvalue weighted by atomic mass is 9.82. The summed E-state index contributed by atoms with van der Waals surface area (Å²) in [6.07, 6.45) is 3.29. The number of benzene rings is 1. The fraction of sp³-hybridized carbons (Fsp3) is 0.524. The number of carboxylic acids is 1. The number of imide groups is 1. The van der Waals surface area contributed by atoms with E-state index < -0.39 is 17.9 Å². The van der Waals surface area contributed by atoms with Crippen molar-refractivity contribution in [1.82, 2.24) is 10.2 Å². The SMILES string of the molecule is O=C1CCC(N2Cc3c(CCCOC4CC(C(=O)O)C4)cccc3C2=O)C(=O)N1. The van der Waals surface area contributed by atoms with E-state index in [0.29, 0.717) is 38.0 Å². The number of ether oxygens (including phenoxy) is 1. The van der Waals surface area contributed by atoms with Crippen LogP contribution < -0.4 is 5.32 Å². The monoisotopic (exact) mass is 400 g/mol. The summed E-state index contributed by atoms with van der Waals surface area (Å²) in [5, 5.41) is 11.2. The Labute approximate surface area is 168 Å². The second-order valence-electron chi connectivity index (χ2n) is 7.95. The highest BCUT2D eigenvalue weighted by Gasteiger charge is 2.39. The lowest BCUT2D eigenvalue weighted by Crippen LogP contribution is -2.52. The summed E-state index contributed by atoms with van der Waals surface area (Å²) in [5.41, 5.74) is 2.62. The number of piperidine rings is 1. The molecule has 1 saturated carbocycles. The van der Waals surface area contributed by atoms with Gasteiger partial charge in [-0.2, -0.15) is 0 Å². The second kappa shape index (κ2) is 7.94. The van der Waals surface area contributed by atoms with E-state index in [1.54, 1.807) is 11.0 Å². The van der Waals surface area contributed by atoms with Gasteiger partial charge in [-0.3, -0.25) is 24.5 Å². The van der Waals surface area contributed by atoms with E-state index >= 15 is 0 Å². The van der Waals surface area contributed by atoms with Crippen LogP contribution in [0.4, 0.5) is 0 Å². The Hall–Kier alpha value is -2.74. The summed E-state index contributed by atoms with van der Waals surface area (Å²) < 4.78 is 5.74. The quantitative estimate of drug-likeness (QED) is 0.526. The molecule has 29 heavy (non-hydrogen) atoms. The number of rotatable bonds is 7. The molecule has 3 aliphatic rings. The van der Waals surface area contributed by atoms with Gasteiger partial charge in [0.15, 0.2) is 0 Å². The second-order valence-corrected chi connectivity index (χ2v) is 7.95. The summed E-state index contributed by atoms with van der Waals surface area (Å²) in [7, 11) is 0. The van der Waals surface area contributed by atoms with Crippen molar-refractivity contribution >= 4 is 23.7 Å². The molecular weight excluding hydrogens is 376 g/mol. The standard InChI is InChI=1S/C21H24N2O6/c24-18-7-6-17(19(25)22-18)23-11-16-12(3-1-5-15(16)20(23)26)4-2-8-29-14-9-13(10-14)21(27)28/h1,3,5,13-14,17H,2,4,6-11H2,(H,27,28)(H,22,24,25). The first-order chi connectivity index (χ1) is 13.9. The van der Waals surface area contributed by atoms with Crippen molar-refractivity contribution in [1.29, 1.82) is 0 Å². The van der Waals surface area contributed by atoms with E-state index in [2.05, 4.69) is 5.32 Å². The van der Waals surface area contributed by atoms with Crippen LogP contribution in [0, 0.1) is 5.92 Å². The number of hydrogen-bond donors (Lipinski definition) is 2. The van der Waals surface area contributed by atoms with Gasteiger partial charge in [-0.05, 0) is 49.3 Å². The van der Waals surface area contributed by atoms with Gasteiger partial charge in [0.25, 0.3) is 5.91 Å². The first-order valence-corrected chi connectivity index (χ1v) is 10.0. The molecule has 0 radical (unpaired) electrons. The highest BCUT2D eigenvalue weighted by molar-refractivity contribution is 6.05. The molecule has 2 fully saturated rings. The van der Waals surface area contributed by atoms with Crippen LogP contribution in [0.3, 0.4) is 0 Å². The Bertz CT molecular complexity index is 861.